The van der Waals surface area contributed by atoms with E-state index in [1.54, 1.807) is 0 Å². The Balaban J connectivity index is 1.24. The Kier molecular flexibility index (Phi) is 6.63. The first-order valence-electron chi connectivity index (χ1n) is 12.5. The molecule has 2 atom stereocenters. The maximum Gasteiger partial charge on any atom is 0.223 e. The maximum absolute atomic E-state index is 12.9. The van der Waals surface area contributed by atoms with E-state index >= 15 is 0 Å². The van der Waals surface area contributed by atoms with Gasteiger partial charge in [0.1, 0.15) is 5.82 Å². The van der Waals surface area contributed by atoms with Crippen LogP contribution in [0, 0.1) is 11.8 Å². The minimum absolute atomic E-state index is 0.145. The van der Waals surface area contributed by atoms with Crippen molar-refractivity contribution in [2.24, 2.45) is 11.8 Å². The standard InChI is InChI=1S/C27H35N5O/c1-21-9-5-6-12-25(21)29-26(33)22-13-17-30(18-14-22)20-23-19-28-32(24-10-3-2-4-11-24)27(23)31-15-7-8-16-31/h2-4,7-8,10-11,15-16,19,21-22,25H,5-6,9,12-14,17-18,20H2,1H3,(H,29,33)/t21-,25-/m1/s1. The van der Waals surface area contributed by atoms with Crippen LogP contribution in [0.15, 0.2) is 61.1 Å². The van der Waals surface area contributed by atoms with Gasteiger partial charge in [0.2, 0.25) is 5.91 Å². The first-order chi connectivity index (χ1) is 16.2. The molecule has 1 N–H and O–H groups in total. The molecule has 3 aromatic rings. The van der Waals surface area contributed by atoms with Gasteiger partial charge < -0.3 is 9.88 Å². The number of benzene rings is 1. The SMILES string of the molecule is C[C@@H]1CCCC[C@H]1NC(=O)C1CCN(Cc2cnn(-c3ccccc3)c2-n2cccc2)CC1. The molecule has 1 aliphatic heterocycles. The molecular formula is C27H35N5O. The number of aromatic nitrogens is 3. The van der Waals surface area contributed by atoms with Gasteiger partial charge in [0.15, 0.2) is 0 Å². The minimum Gasteiger partial charge on any atom is -0.353 e. The first kappa shape index (κ1) is 22.0. The van der Waals surface area contributed by atoms with Gasteiger partial charge in [-0.25, -0.2) is 4.68 Å². The van der Waals surface area contributed by atoms with Crippen LogP contribution in [0.3, 0.4) is 0 Å². The minimum atomic E-state index is 0.145. The Labute approximate surface area is 196 Å². The number of hydrogen-bond acceptors (Lipinski definition) is 3. The van der Waals surface area contributed by atoms with Crippen molar-refractivity contribution in [3.8, 4) is 11.5 Å². The van der Waals surface area contributed by atoms with E-state index in [4.69, 9.17) is 5.10 Å². The van der Waals surface area contributed by atoms with Crippen molar-refractivity contribution in [1.82, 2.24) is 24.6 Å². The molecule has 2 fully saturated rings. The Morgan fingerprint density at radius 1 is 1.00 bits per heavy atom. The molecule has 5 rings (SSSR count). The van der Waals surface area contributed by atoms with Crippen LogP contribution >= 0.6 is 0 Å². The van der Waals surface area contributed by atoms with Crippen LogP contribution in [0.5, 0.6) is 0 Å². The van der Waals surface area contributed by atoms with Crippen molar-refractivity contribution in [2.45, 2.75) is 58.0 Å². The molecule has 2 aliphatic rings. The zero-order valence-electron chi connectivity index (χ0n) is 19.6. The van der Waals surface area contributed by atoms with E-state index in [1.165, 1.54) is 24.8 Å². The number of likely N-dealkylation sites (tertiary alicyclic amines) is 1. The Hall–Kier alpha value is -2.86. The van der Waals surface area contributed by atoms with Crippen molar-refractivity contribution < 1.29 is 4.79 Å². The average Bonchev–Trinajstić information content (AvgIpc) is 3.51. The van der Waals surface area contributed by atoms with E-state index < -0.39 is 0 Å². The van der Waals surface area contributed by atoms with Crippen LogP contribution in [-0.4, -0.2) is 44.3 Å². The van der Waals surface area contributed by atoms with Gasteiger partial charge in [-0.1, -0.05) is 38.0 Å². The number of carbonyl (C=O) groups is 1. The molecule has 1 saturated heterocycles. The van der Waals surface area contributed by atoms with Crippen LogP contribution in [0.25, 0.3) is 11.5 Å². The Morgan fingerprint density at radius 3 is 2.45 bits per heavy atom. The number of amides is 1. The number of carbonyl (C=O) groups excluding carboxylic acids is 1. The molecule has 0 radical (unpaired) electrons. The smallest absolute Gasteiger partial charge is 0.223 e. The van der Waals surface area contributed by atoms with E-state index in [0.29, 0.717) is 12.0 Å². The van der Waals surface area contributed by atoms with E-state index in [0.717, 1.165) is 50.4 Å². The van der Waals surface area contributed by atoms with Crippen LogP contribution in [0.4, 0.5) is 0 Å². The third kappa shape index (κ3) is 4.91. The lowest BCUT2D eigenvalue weighted by Crippen LogP contribution is -2.46. The summed E-state index contributed by atoms with van der Waals surface area (Å²) in [5, 5.41) is 8.11. The number of piperidine rings is 1. The highest BCUT2D eigenvalue weighted by atomic mass is 16.2. The molecule has 6 nitrogen and oxygen atoms in total. The number of rotatable bonds is 6. The van der Waals surface area contributed by atoms with E-state index in [2.05, 4.69) is 46.2 Å². The van der Waals surface area contributed by atoms with Crippen molar-refractivity contribution in [3.63, 3.8) is 0 Å². The van der Waals surface area contributed by atoms with Gasteiger partial charge >= 0.3 is 0 Å². The van der Waals surface area contributed by atoms with Crippen molar-refractivity contribution >= 4 is 5.91 Å². The van der Waals surface area contributed by atoms with Gasteiger partial charge in [-0.15, -0.1) is 0 Å². The molecular weight excluding hydrogens is 410 g/mol. The molecule has 0 unspecified atom stereocenters. The molecule has 3 heterocycles. The second-order valence-electron chi connectivity index (χ2n) is 9.76. The van der Waals surface area contributed by atoms with Crippen LogP contribution < -0.4 is 5.32 Å². The van der Waals surface area contributed by atoms with Crippen molar-refractivity contribution in [2.75, 3.05) is 13.1 Å². The van der Waals surface area contributed by atoms with Crippen LogP contribution in [0.2, 0.25) is 0 Å². The van der Waals surface area contributed by atoms with Gasteiger partial charge in [0, 0.05) is 36.5 Å². The summed E-state index contributed by atoms with van der Waals surface area (Å²) in [4.78, 5) is 15.4. The predicted octanol–water partition coefficient (Wildman–Crippen LogP) is 4.57. The number of hydrogen-bond donors (Lipinski definition) is 1. The highest BCUT2D eigenvalue weighted by Crippen LogP contribution is 2.27. The highest BCUT2D eigenvalue weighted by Gasteiger charge is 2.29. The molecule has 174 valence electrons. The lowest BCUT2D eigenvalue weighted by Gasteiger charge is -2.34. The predicted molar refractivity (Wildman–Crippen MR) is 130 cm³/mol. The second kappa shape index (κ2) is 9.96. The molecule has 1 amide bonds. The molecule has 6 heteroatoms. The topological polar surface area (TPSA) is 55.1 Å². The summed E-state index contributed by atoms with van der Waals surface area (Å²) < 4.78 is 4.15. The maximum atomic E-state index is 12.9. The zero-order valence-corrected chi connectivity index (χ0v) is 19.6. The fraction of sp³-hybridized carbons (Fsp3) is 0.481. The van der Waals surface area contributed by atoms with Gasteiger partial charge in [0.05, 0.1) is 11.9 Å². The van der Waals surface area contributed by atoms with E-state index in [1.807, 2.05) is 41.2 Å². The number of nitrogens with one attached hydrogen (secondary N) is 1. The van der Waals surface area contributed by atoms with Gasteiger partial charge in [-0.3, -0.25) is 9.69 Å². The number of nitrogens with zero attached hydrogens (tertiary/aromatic N) is 4. The third-order valence-electron chi connectivity index (χ3n) is 7.46. The average molecular weight is 446 g/mol. The summed E-state index contributed by atoms with van der Waals surface area (Å²) in [7, 11) is 0. The van der Waals surface area contributed by atoms with E-state index in [9.17, 15) is 4.79 Å². The van der Waals surface area contributed by atoms with Crippen LogP contribution in [0.1, 0.15) is 51.0 Å². The fourth-order valence-electron chi connectivity index (χ4n) is 5.42. The van der Waals surface area contributed by atoms with Crippen molar-refractivity contribution in [1.29, 1.82) is 0 Å². The summed E-state index contributed by atoms with van der Waals surface area (Å²) in [6.07, 6.45) is 12.9. The van der Waals surface area contributed by atoms with Crippen LogP contribution in [-0.2, 0) is 11.3 Å². The lowest BCUT2D eigenvalue weighted by molar-refractivity contribution is -0.127. The molecule has 1 aromatic carbocycles. The molecule has 0 bridgehead atoms. The van der Waals surface area contributed by atoms with Gasteiger partial charge in [0.25, 0.3) is 0 Å². The largest absolute Gasteiger partial charge is 0.353 e. The summed E-state index contributed by atoms with van der Waals surface area (Å²) in [6, 6.07) is 14.7. The summed E-state index contributed by atoms with van der Waals surface area (Å²) in [5.41, 5.74) is 2.26. The molecule has 1 aliphatic carbocycles. The van der Waals surface area contributed by atoms with Crippen molar-refractivity contribution in [3.05, 3.63) is 66.6 Å². The fourth-order valence-corrected chi connectivity index (χ4v) is 5.42. The normalized spacial score (nSPS) is 22.3. The number of para-hydroxylation sites is 1. The first-order valence-corrected chi connectivity index (χ1v) is 12.5. The van der Waals surface area contributed by atoms with Gasteiger partial charge in [-0.05, 0) is 69.0 Å². The second-order valence-corrected chi connectivity index (χ2v) is 9.76. The molecule has 33 heavy (non-hydrogen) atoms. The molecule has 2 aromatic heterocycles. The quantitative estimate of drug-likeness (QED) is 0.605. The summed E-state index contributed by atoms with van der Waals surface area (Å²) in [5.74, 6) is 2.11. The highest BCUT2D eigenvalue weighted by molar-refractivity contribution is 5.79. The summed E-state index contributed by atoms with van der Waals surface area (Å²) >= 11 is 0. The lowest BCUT2D eigenvalue weighted by atomic mass is 9.85. The van der Waals surface area contributed by atoms with E-state index in [-0.39, 0.29) is 11.8 Å². The summed E-state index contributed by atoms with van der Waals surface area (Å²) in [6.45, 7) is 5.01. The third-order valence-corrected chi connectivity index (χ3v) is 7.46. The Bertz CT molecular complexity index is 1030. The molecule has 0 spiro atoms. The zero-order chi connectivity index (χ0) is 22.6. The van der Waals surface area contributed by atoms with Gasteiger partial charge in [-0.2, -0.15) is 5.10 Å². The molecule has 1 saturated carbocycles. The monoisotopic (exact) mass is 445 g/mol. The Morgan fingerprint density at radius 2 is 1.73 bits per heavy atom.